The fourth-order valence-electron chi connectivity index (χ4n) is 2.04. The van der Waals surface area contributed by atoms with Gasteiger partial charge in [0.2, 0.25) is 0 Å². The lowest BCUT2D eigenvalue weighted by Crippen LogP contribution is -2.33. The average Bonchev–Trinajstić information content (AvgIpc) is 2.42. The van der Waals surface area contributed by atoms with Crippen molar-refractivity contribution in [1.82, 2.24) is 10.4 Å². The lowest BCUT2D eigenvalue weighted by molar-refractivity contribution is 0.0646. The van der Waals surface area contributed by atoms with Crippen molar-refractivity contribution in [3.8, 4) is 0 Å². The highest BCUT2D eigenvalue weighted by atomic mass is 16.7. The first-order chi connectivity index (χ1) is 5.24. The van der Waals surface area contributed by atoms with E-state index in [2.05, 4.69) is 24.2 Å². The summed E-state index contributed by atoms with van der Waals surface area (Å²) in [6.45, 7) is 8.87. The molecule has 11 heavy (non-hydrogen) atoms. The largest absolute Gasteiger partial charge is 0.301 e. The van der Waals surface area contributed by atoms with Crippen molar-refractivity contribution < 1.29 is 4.84 Å². The van der Waals surface area contributed by atoms with Gasteiger partial charge in [0.05, 0.1) is 12.6 Å². The van der Waals surface area contributed by atoms with Crippen LogP contribution in [0.15, 0.2) is 0 Å². The van der Waals surface area contributed by atoms with Crippen LogP contribution in [0.3, 0.4) is 0 Å². The molecule has 0 aromatic rings. The Hall–Kier alpha value is -0.120. The molecule has 0 aromatic carbocycles. The Bertz CT molecular complexity index is 162. The van der Waals surface area contributed by atoms with E-state index in [1.54, 1.807) is 0 Å². The number of likely N-dealkylation sites (tertiary alicyclic amines) is 1. The molecular weight excluding hydrogens is 140 g/mol. The standard InChI is InChI=1S/C8H16N2O/c1-3-10-4-7-8(2,5-10)6-11-9-7/h7,9H,3-6H2,1-2H3/t7-,8-/m0/s1. The van der Waals surface area contributed by atoms with Crippen LogP contribution in [-0.4, -0.2) is 37.2 Å². The van der Waals surface area contributed by atoms with Crippen molar-refractivity contribution in [2.24, 2.45) is 5.41 Å². The fraction of sp³-hybridized carbons (Fsp3) is 1.00. The van der Waals surface area contributed by atoms with Gasteiger partial charge in [-0.2, -0.15) is 5.48 Å². The first-order valence-electron chi connectivity index (χ1n) is 4.34. The van der Waals surface area contributed by atoms with Crippen LogP contribution in [0.1, 0.15) is 13.8 Å². The van der Waals surface area contributed by atoms with E-state index in [1.165, 1.54) is 6.54 Å². The SMILES string of the molecule is CCN1C[C@@H]2NOC[C@]2(C)C1. The molecule has 0 saturated carbocycles. The molecular formula is C8H16N2O. The van der Waals surface area contributed by atoms with Gasteiger partial charge in [-0.3, -0.25) is 0 Å². The van der Waals surface area contributed by atoms with Gasteiger partial charge in [-0.25, -0.2) is 0 Å². The van der Waals surface area contributed by atoms with Gasteiger partial charge >= 0.3 is 0 Å². The van der Waals surface area contributed by atoms with Gasteiger partial charge in [-0.15, -0.1) is 0 Å². The van der Waals surface area contributed by atoms with E-state index in [0.29, 0.717) is 11.5 Å². The zero-order valence-corrected chi connectivity index (χ0v) is 7.26. The van der Waals surface area contributed by atoms with E-state index in [4.69, 9.17) is 4.84 Å². The average molecular weight is 156 g/mol. The highest BCUT2D eigenvalue weighted by molar-refractivity contribution is 4.99. The molecule has 2 rings (SSSR count). The molecule has 3 nitrogen and oxygen atoms in total. The van der Waals surface area contributed by atoms with E-state index >= 15 is 0 Å². The van der Waals surface area contributed by atoms with Crippen LogP contribution in [0.4, 0.5) is 0 Å². The second kappa shape index (κ2) is 2.44. The lowest BCUT2D eigenvalue weighted by Gasteiger charge is -2.19. The van der Waals surface area contributed by atoms with Crippen LogP contribution in [0.5, 0.6) is 0 Å². The summed E-state index contributed by atoms with van der Waals surface area (Å²) < 4.78 is 0. The number of hydrogen-bond donors (Lipinski definition) is 1. The molecule has 2 saturated heterocycles. The Labute approximate surface area is 67.7 Å². The lowest BCUT2D eigenvalue weighted by atomic mass is 9.88. The fourth-order valence-corrected chi connectivity index (χ4v) is 2.04. The molecule has 0 aliphatic carbocycles. The zero-order valence-electron chi connectivity index (χ0n) is 7.26. The van der Waals surface area contributed by atoms with Crippen molar-refractivity contribution in [3.05, 3.63) is 0 Å². The molecule has 0 unspecified atom stereocenters. The molecule has 0 spiro atoms. The van der Waals surface area contributed by atoms with Crippen LogP contribution in [0.2, 0.25) is 0 Å². The van der Waals surface area contributed by atoms with E-state index in [9.17, 15) is 0 Å². The van der Waals surface area contributed by atoms with Crippen LogP contribution >= 0.6 is 0 Å². The summed E-state index contributed by atoms with van der Waals surface area (Å²) in [5.74, 6) is 0. The van der Waals surface area contributed by atoms with Crippen molar-refractivity contribution in [1.29, 1.82) is 0 Å². The molecule has 2 atom stereocenters. The first-order valence-corrected chi connectivity index (χ1v) is 4.34. The van der Waals surface area contributed by atoms with Crippen LogP contribution in [0.25, 0.3) is 0 Å². The van der Waals surface area contributed by atoms with E-state index in [1.807, 2.05) is 0 Å². The molecule has 1 N–H and O–H groups in total. The predicted octanol–water partition coefficient (Wildman–Crippen LogP) is 0.232. The van der Waals surface area contributed by atoms with Gasteiger partial charge in [-0.05, 0) is 6.54 Å². The summed E-state index contributed by atoms with van der Waals surface area (Å²) in [6.07, 6.45) is 0. The quantitative estimate of drug-likeness (QED) is 0.588. The molecule has 3 heteroatoms. The third kappa shape index (κ3) is 1.08. The van der Waals surface area contributed by atoms with Crippen molar-refractivity contribution in [2.75, 3.05) is 26.2 Å². The van der Waals surface area contributed by atoms with E-state index in [0.717, 1.165) is 19.7 Å². The number of rotatable bonds is 1. The second-order valence-electron chi connectivity index (χ2n) is 3.94. The number of hydrogen-bond acceptors (Lipinski definition) is 3. The maximum atomic E-state index is 5.23. The van der Waals surface area contributed by atoms with Crippen molar-refractivity contribution >= 4 is 0 Å². The smallest absolute Gasteiger partial charge is 0.0764 e. The van der Waals surface area contributed by atoms with Gasteiger partial charge in [0.15, 0.2) is 0 Å². The molecule has 0 aromatic heterocycles. The maximum Gasteiger partial charge on any atom is 0.0764 e. The number of nitrogens with one attached hydrogen (secondary N) is 1. The Morgan fingerprint density at radius 3 is 3.18 bits per heavy atom. The minimum Gasteiger partial charge on any atom is -0.301 e. The van der Waals surface area contributed by atoms with Crippen molar-refractivity contribution in [2.45, 2.75) is 19.9 Å². The molecule has 2 aliphatic heterocycles. The minimum atomic E-state index is 0.371. The number of hydroxylamine groups is 1. The first kappa shape index (κ1) is 7.53. The topological polar surface area (TPSA) is 24.5 Å². The Kier molecular flexibility index (Phi) is 1.67. The highest BCUT2D eigenvalue weighted by Crippen LogP contribution is 2.33. The van der Waals surface area contributed by atoms with Crippen LogP contribution in [0, 0.1) is 5.41 Å². The zero-order chi connectivity index (χ0) is 7.90. The van der Waals surface area contributed by atoms with Gasteiger partial charge < -0.3 is 9.74 Å². The summed E-state index contributed by atoms with van der Waals surface area (Å²) >= 11 is 0. The molecule has 2 aliphatic rings. The van der Waals surface area contributed by atoms with Gasteiger partial charge in [-0.1, -0.05) is 13.8 Å². The molecule has 0 amide bonds. The number of likely N-dealkylation sites (N-methyl/N-ethyl adjacent to an activating group) is 1. The Morgan fingerprint density at radius 2 is 2.55 bits per heavy atom. The summed E-state index contributed by atoms with van der Waals surface area (Å²) in [6, 6.07) is 0.558. The van der Waals surface area contributed by atoms with Crippen LogP contribution in [-0.2, 0) is 4.84 Å². The third-order valence-corrected chi connectivity index (χ3v) is 2.94. The van der Waals surface area contributed by atoms with Gasteiger partial charge in [0.1, 0.15) is 0 Å². The third-order valence-electron chi connectivity index (χ3n) is 2.94. The minimum absolute atomic E-state index is 0.371. The second-order valence-corrected chi connectivity index (χ2v) is 3.94. The Morgan fingerprint density at radius 1 is 1.73 bits per heavy atom. The molecule has 0 radical (unpaired) electrons. The monoisotopic (exact) mass is 156 g/mol. The molecule has 2 fully saturated rings. The van der Waals surface area contributed by atoms with Crippen LogP contribution < -0.4 is 5.48 Å². The summed E-state index contributed by atoms with van der Waals surface area (Å²) in [5, 5.41) is 0. The molecule has 0 bridgehead atoms. The van der Waals surface area contributed by atoms with E-state index < -0.39 is 0 Å². The highest BCUT2D eigenvalue weighted by Gasteiger charge is 2.46. The Balaban J connectivity index is 2.06. The molecule has 64 valence electrons. The summed E-state index contributed by atoms with van der Waals surface area (Å²) in [7, 11) is 0. The molecule has 2 heterocycles. The number of fused-ring (bicyclic) bond motifs is 1. The van der Waals surface area contributed by atoms with Crippen molar-refractivity contribution in [3.63, 3.8) is 0 Å². The summed E-state index contributed by atoms with van der Waals surface area (Å²) in [5.41, 5.74) is 3.45. The predicted molar refractivity (Wildman–Crippen MR) is 43.1 cm³/mol. The normalized spacial score (nSPS) is 44.7. The van der Waals surface area contributed by atoms with Gasteiger partial charge in [0.25, 0.3) is 0 Å². The number of nitrogens with zero attached hydrogens (tertiary/aromatic N) is 1. The summed E-state index contributed by atoms with van der Waals surface area (Å²) in [4.78, 5) is 7.70. The maximum absolute atomic E-state index is 5.23. The van der Waals surface area contributed by atoms with Gasteiger partial charge in [0, 0.05) is 18.5 Å². The van der Waals surface area contributed by atoms with E-state index in [-0.39, 0.29) is 0 Å².